The summed E-state index contributed by atoms with van der Waals surface area (Å²) in [6.07, 6.45) is 2.37. The standard InChI is InChI=1S/C16H24F4O3Si/c1-3-21-16(22-4-2)23-24-9-7-5-6-8-11-10-12(17)14(19)15(20)13(11)18/h10,16H,3-9,24H2,1-2H3. The van der Waals surface area contributed by atoms with Crippen molar-refractivity contribution in [3.63, 3.8) is 0 Å². The SMILES string of the molecule is CCOC(OCC)O[SiH2]CCCCCc1cc(F)c(F)c(F)c1F. The highest BCUT2D eigenvalue weighted by molar-refractivity contribution is 6.27. The number of benzene rings is 1. The average Bonchev–Trinajstić information content (AvgIpc) is 2.56. The maximum absolute atomic E-state index is 13.5. The van der Waals surface area contributed by atoms with Crippen LogP contribution in [0, 0.1) is 23.3 Å². The lowest BCUT2D eigenvalue weighted by atomic mass is 10.1. The highest BCUT2D eigenvalue weighted by atomic mass is 28.2. The fraction of sp³-hybridized carbons (Fsp3) is 0.625. The van der Waals surface area contributed by atoms with E-state index in [-0.39, 0.29) is 12.0 Å². The first kappa shape index (κ1) is 21.1. The van der Waals surface area contributed by atoms with Gasteiger partial charge >= 0.3 is 0 Å². The van der Waals surface area contributed by atoms with Crippen LogP contribution in [0.3, 0.4) is 0 Å². The zero-order valence-corrected chi connectivity index (χ0v) is 15.5. The molecule has 8 heteroatoms. The van der Waals surface area contributed by atoms with Gasteiger partial charge in [0, 0.05) is 13.2 Å². The Balaban J connectivity index is 2.23. The van der Waals surface area contributed by atoms with Crippen molar-refractivity contribution in [3.05, 3.63) is 34.9 Å². The Kier molecular flexibility index (Phi) is 10.2. The van der Waals surface area contributed by atoms with Gasteiger partial charge in [-0.2, -0.15) is 0 Å². The van der Waals surface area contributed by atoms with Crippen LogP contribution in [0.2, 0.25) is 6.04 Å². The predicted molar refractivity (Wildman–Crippen MR) is 85.3 cm³/mol. The van der Waals surface area contributed by atoms with Gasteiger partial charge in [0.2, 0.25) is 0 Å². The summed E-state index contributed by atoms with van der Waals surface area (Å²) in [6.45, 7) is 4.13. The number of halogens is 4. The van der Waals surface area contributed by atoms with Gasteiger partial charge in [-0.15, -0.1) is 0 Å². The Labute approximate surface area is 142 Å². The molecule has 0 aromatic heterocycles. The molecule has 1 aromatic rings. The molecule has 0 N–H and O–H groups in total. The minimum Gasteiger partial charge on any atom is -0.379 e. The second-order valence-electron chi connectivity index (χ2n) is 5.19. The fourth-order valence-electron chi connectivity index (χ4n) is 2.17. The van der Waals surface area contributed by atoms with Crippen molar-refractivity contribution in [3.8, 4) is 0 Å². The first-order valence-electron chi connectivity index (χ1n) is 8.17. The highest BCUT2D eigenvalue weighted by Gasteiger charge is 2.18. The summed E-state index contributed by atoms with van der Waals surface area (Å²) in [5.74, 6) is -6.17. The molecule has 3 nitrogen and oxygen atoms in total. The molecule has 1 aromatic carbocycles. The Morgan fingerprint density at radius 2 is 1.58 bits per heavy atom. The molecule has 0 aliphatic rings. The van der Waals surface area contributed by atoms with E-state index in [0.29, 0.717) is 19.6 Å². The molecular formula is C16H24F4O3Si. The molecule has 0 spiro atoms. The van der Waals surface area contributed by atoms with E-state index < -0.39 is 39.5 Å². The van der Waals surface area contributed by atoms with E-state index in [2.05, 4.69) is 0 Å². The van der Waals surface area contributed by atoms with Crippen LogP contribution in [0.1, 0.15) is 38.7 Å². The smallest absolute Gasteiger partial charge is 0.261 e. The minimum atomic E-state index is -1.77. The van der Waals surface area contributed by atoms with Crippen LogP contribution < -0.4 is 0 Å². The first-order chi connectivity index (χ1) is 11.5. The van der Waals surface area contributed by atoms with Crippen LogP contribution in [0.15, 0.2) is 6.07 Å². The summed E-state index contributed by atoms with van der Waals surface area (Å²) in [5, 5.41) is 0. The van der Waals surface area contributed by atoms with Gasteiger partial charge in [0.1, 0.15) is 0 Å². The number of ether oxygens (including phenoxy) is 2. The first-order valence-corrected chi connectivity index (χ1v) is 9.75. The summed E-state index contributed by atoms with van der Waals surface area (Å²) in [7, 11) is -0.787. The molecule has 0 aliphatic carbocycles. The maximum atomic E-state index is 13.5. The monoisotopic (exact) mass is 368 g/mol. The van der Waals surface area contributed by atoms with Crippen molar-refractivity contribution in [1.82, 2.24) is 0 Å². The fourth-order valence-corrected chi connectivity index (χ4v) is 3.28. The van der Waals surface area contributed by atoms with Gasteiger partial charge in [-0.1, -0.05) is 12.8 Å². The molecule has 0 radical (unpaired) electrons. The van der Waals surface area contributed by atoms with Gasteiger partial charge in [0.15, 0.2) is 33.0 Å². The van der Waals surface area contributed by atoms with Crippen molar-refractivity contribution >= 4 is 9.76 Å². The topological polar surface area (TPSA) is 27.7 Å². The van der Waals surface area contributed by atoms with E-state index in [9.17, 15) is 17.6 Å². The summed E-state index contributed by atoms with van der Waals surface area (Å²) in [5.41, 5.74) is -0.132. The molecule has 0 heterocycles. The third kappa shape index (κ3) is 6.88. The van der Waals surface area contributed by atoms with E-state index in [1.165, 1.54) is 0 Å². The molecular weight excluding hydrogens is 344 g/mol. The summed E-state index contributed by atoms with van der Waals surface area (Å²) >= 11 is 0. The molecule has 0 fully saturated rings. The molecule has 0 saturated carbocycles. The molecule has 0 bridgehead atoms. The molecule has 24 heavy (non-hydrogen) atoms. The van der Waals surface area contributed by atoms with Gasteiger partial charge in [-0.25, -0.2) is 17.6 Å². The Morgan fingerprint density at radius 1 is 0.917 bits per heavy atom. The predicted octanol–water partition coefficient (Wildman–Crippen LogP) is 3.83. The van der Waals surface area contributed by atoms with Crippen molar-refractivity contribution in [2.24, 2.45) is 0 Å². The number of hydrogen-bond acceptors (Lipinski definition) is 3. The van der Waals surface area contributed by atoms with E-state index in [1.807, 2.05) is 13.8 Å². The van der Waals surface area contributed by atoms with Crippen LogP contribution in [0.5, 0.6) is 0 Å². The second-order valence-corrected chi connectivity index (χ2v) is 6.64. The van der Waals surface area contributed by atoms with Crippen molar-refractivity contribution in [2.75, 3.05) is 13.2 Å². The van der Waals surface area contributed by atoms with Crippen molar-refractivity contribution in [2.45, 2.75) is 52.1 Å². The molecule has 0 aliphatic heterocycles. The molecule has 138 valence electrons. The summed E-state index contributed by atoms with van der Waals surface area (Å²) in [4.78, 5) is 0. The Hall–Kier alpha value is -0.963. The van der Waals surface area contributed by atoms with E-state index in [1.54, 1.807) is 0 Å². The van der Waals surface area contributed by atoms with Crippen LogP contribution >= 0.6 is 0 Å². The van der Waals surface area contributed by atoms with E-state index in [0.717, 1.165) is 25.0 Å². The molecule has 0 amide bonds. The largest absolute Gasteiger partial charge is 0.379 e. The lowest BCUT2D eigenvalue weighted by Gasteiger charge is -2.17. The van der Waals surface area contributed by atoms with Crippen molar-refractivity contribution in [1.29, 1.82) is 0 Å². The number of rotatable bonds is 12. The van der Waals surface area contributed by atoms with Gasteiger partial charge in [-0.05, 0) is 44.4 Å². The number of unbranched alkanes of at least 4 members (excludes halogenated alkanes) is 2. The third-order valence-electron chi connectivity index (χ3n) is 3.38. The highest BCUT2D eigenvalue weighted by Crippen LogP contribution is 2.20. The van der Waals surface area contributed by atoms with Crippen LogP contribution in [-0.4, -0.2) is 29.5 Å². The molecule has 0 unspecified atom stereocenters. The van der Waals surface area contributed by atoms with Gasteiger partial charge in [0.05, 0.1) is 0 Å². The Bertz CT molecular complexity index is 497. The lowest BCUT2D eigenvalue weighted by Crippen LogP contribution is -2.22. The second kappa shape index (κ2) is 11.6. The molecule has 0 atom stereocenters. The van der Waals surface area contributed by atoms with E-state index in [4.69, 9.17) is 13.9 Å². The zero-order valence-electron chi connectivity index (χ0n) is 14.0. The molecule has 0 saturated heterocycles. The maximum Gasteiger partial charge on any atom is 0.261 e. The minimum absolute atomic E-state index is 0.132. The van der Waals surface area contributed by atoms with E-state index >= 15 is 0 Å². The van der Waals surface area contributed by atoms with Crippen LogP contribution in [0.25, 0.3) is 0 Å². The number of hydrogen-bond donors (Lipinski definition) is 0. The number of aryl methyl sites for hydroxylation is 1. The van der Waals surface area contributed by atoms with Gasteiger partial charge in [0.25, 0.3) is 6.48 Å². The normalized spacial score (nSPS) is 12.0. The Morgan fingerprint density at radius 3 is 2.21 bits per heavy atom. The lowest BCUT2D eigenvalue weighted by molar-refractivity contribution is -0.243. The summed E-state index contributed by atoms with van der Waals surface area (Å²) < 4.78 is 68.6. The van der Waals surface area contributed by atoms with Crippen molar-refractivity contribution < 1.29 is 31.5 Å². The zero-order chi connectivity index (χ0) is 17.9. The third-order valence-corrected chi connectivity index (χ3v) is 4.67. The quantitative estimate of drug-likeness (QED) is 0.140. The van der Waals surface area contributed by atoms with Gasteiger partial charge < -0.3 is 13.9 Å². The summed E-state index contributed by atoms with van der Waals surface area (Å²) in [6, 6.07) is 1.62. The van der Waals surface area contributed by atoms with Crippen LogP contribution in [0.4, 0.5) is 17.6 Å². The van der Waals surface area contributed by atoms with Crippen LogP contribution in [-0.2, 0) is 20.3 Å². The van der Waals surface area contributed by atoms with Gasteiger partial charge in [-0.3, -0.25) is 0 Å². The average molecular weight is 368 g/mol. The molecule has 1 rings (SSSR count).